The summed E-state index contributed by atoms with van der Waals surface area (Å²) in [6.45, 7) is 3.46. The zero-order chi connectivity index (χ0) is 16.9. The summed E-state index contributed by atoms with van der Waals surface area (Å²) in [7, 11) is 3.99. The minimum absolute atomic E-state index is 0.00471. The van der Waals surface area contributed by atoms with E-state index in [2.05, 4.69) is 51.5 Å². The van der Waals surface area contributed by atoms with Gasteiger partial charge in [-0.05, 0) is 49.8 Å². The Morgan fingerprint density at radius 1 is 1.12 bits per heavy atom. The van der Waals surface area contributed by atoms with Gasteiger partial charge in [0.25, 0.3) is 5.91 Å². The summed E-state index contributed by atoms with van der Waals surface area (Å²) in [5.74, 6) is -0.00471. The Morgan fingerprint density at radius 2 is 1.88 bits per heavy atom. The van der Waals surface area contributed by atoms with Crippen LogP contribution in [0, 0.1) is 0 Å². The maximum absolute atomic E-state index is 12.1. The molecule has 1 aliphatic heterocycles. The second-order valence-electron chi connectivity index (χ2n) is 6.56. The third kappa shape index (κ3) is 3.95. The van der Waals surface area contributed by atoms with Crippen LogP contribution in [0.3, 0.4) is 0 Å². The van der Waals surface area contributed by atoms with Gasteiger partial charge in [0, 0.05) is 37.4 Å². The number of carbonyl (C=O) groups excluding carboxylic acids is 1. The molecule has 126 valence electrons. The van der Waals surface area contributed by atoms with Crippen LogP contribution < -0.4 is 10.2 Å². The van der Waals surface area contributed by atoms with E-state index >= 15 is 0 Å². The first kappa shape index (κ1) is 16.5. The van der Waals surface area contributed by atoms with Crippen molar-refractivity contribution in [2.24, 2.45) is 0 Å². The molecule has 2 aromatic rings. The molecule has 0 aliphatic carbocycles. The van der Waals surface area contributed by atoms with Crippen LogP contribution in [0.25, 0.3) is 0 Å². The molecule has 1 aliphatic rings. The van der Waals surface area contributed by atoms with E-state index < -0.39 is 0 Å². The lowest BCUT2D eigenvalue weighted by molar-refractivity contribution is 0.0951. The van der Waals surface area contributed by atoms with Crippen LogP contribution in [-0.2, 0) is 13.0 Å². The fraction of sp³-hybridized carbons (Fsp3) is 0.350. The number of rotatable bonds is 6. The van der Waals surface area contributed by atoms with Gasteiger partial charge in [-0.25, -0.2) is 0 Å². The van der Waals surface area contributed by atoms with Crippen LogP contribution in [-0.4, -0.2) is 44.5 Å². The number of carbonyl (C=O) groups is 1. The fourth-order valence-electron chi connectivity index (χ4n) is 3.05. The van der Waals surface area contributed by atoms with Gasteiger partial charge in [-0.15, -0.1) is 0 Å². The monoisotopic (exact) mass is 323 g/mol. The van der Waals surface area contributed by atoms with Crippen molar-refractivity contribution < 1.29 is 4.79 Å². The standard InChI is InChI=1S/C20H25N3O/c1-22(2)14-12-21-20(24)18-9-7-16(8-10-18)15-23-13-11-17-5-3-4-6-19(17)23/h3-10H,11-15H2,1-2H3,(H,21,24). The molecule has 0 spiro atoms. The van der Waals surface area contributed by atoms with E-state index in [-0.39, 0.29) is 5.91 Å². The lowest BCUT2D eigenvalue weighted by Crippen LogP contribution is -2.31. The van der Waals surface area contributed by atoms with Crippen LogP contribution in [0.15, 0.2) is 48.5 Å². The molecule has 3 rings (SSSR count). The number of amides is 1. The third-order valence-corrected chi connectivity index (χ3v) is 4.42. The number of hydrogen-bond acceptors (Lipinski definition) is 3. The maximum atomic E-state index is 12.1. The molecule has 0 fully saturated rings. The highest BCUT2D eigenvalue weighted by Crippen LogP contribution is 2.28. The van der Waals surface area contributed by atoms with Crippen LogP contribution in [0.1, 0.15) is 21.5 Å². The van der Waals surface area contributed by atoms with Gasteiger partial charge in [0.2, 0.25) is 0 Å². The zero-order valence-corrected chi connectivity index (χ0v) is 14.5. The van der Waals surface area contributed by atoms with E-state index in [1.807, 2.05) is 26.2 Å². The van der Waals surface area contributed by atoms with Gasteiger partial charge in [0.15, 0.2) is 0 Å². The number of benzene rings is 2. The molecule has 2 aromatic carbocycles. The van der Waals surface area contributed by atoms with Crippen molar-refractivity contribution in [3.8, 4) is 0 Å². The van der Waals surface area contributed by atoms with Crippen molar-refractivity contribution >= 4 is 11.6 Å². The predicted molar refractivity (Wildman–Crippen MR) is 98.5 cm³/mol. The molecule has 24 heavy (non-hydrogen) atoms. The Kier molecular flexibility index (Phi) is 5.16. The predicted octanol–water partition coefficient (Wildman–Crippen LogP) is 2.54. The molecule has 0 saturated carbocycles. The second kappa shape index (κ2) is 7.49. The van der Waals surface area contributed by atoms with Crippen LogP contribution >= 0.6 is 0 Å². The van der Waals surface area contributed by atoms with Gasteiger partial charge >= 0.3 is 0 Å². The first-order valence-electron chi connectivity index (χ1n) is 8.48. The molecule has 0 radical (unpaired) electrons. The van der Waals surface area contributed by atoms with Crippen molar-refractivity contribution in [2.45, 2.75) is 13.0 Å². The molecule has 0 aromatic heterocycles. The molecule has 4 nitrogen and oxygen atoms in total. The highest BCUT2D eigenvalue weighted by Gasteiger charge is 2.18. The first-order valence-corrected chi connectivity index (χ1v) is 8.48. The summed E-state index contributed by atoms with van der Waals surface area (Å²) in [4.78, 5) is 16.6. The average Bonchev–Trinajstić information content (AvgIpc) is 2.98. The lowest BCUT2D eigenvalue weighted by Gasteiger charge is -2.19. The number of nitrogens with one attached hydrogen (secondary N) is 1. The quantitative estimate of drug-likeness (QED) is 0.887. The Balaban J connectivity index is 1.58. The average molecular weight is 323 g/mol. The van der Waals surface area contributed by atoms with E-state index in [9.17, 15) is 4.79 Å². The van der Waals surface area contributed by atoms with Crippen molar-refractivity contribution in [3.63, 3.8) is 0 Å². The lowest BCUT2D eigenvalue weighted by atomic mass is 10.1. The summed E-state index contributed by atoms with van der Waals surface area (Å²) in [5.41, 5.74) is 4.72. The molecule has 0 atom stereocenters. The summed E-state index contributed by atoms with van der Waals surface area (Å²) >= 11 is 0. The zero-order valence-electron chi connectivity index (χ0n) is 14.5. The molecular formula is C20H25N3O. The molecule has 1 heterocycles. The third-order valence-electron chi connectivity index (χ3n) is 4.42. The van der Waals surface area contributed by atoms with Crippen LogP contribution in [0.2, 0.25) is 0 Å². The van der Waals surface area contributed by atoms with Gasteiger partial charge in [-0.1, -0.05) is 30.3 Å². The van der Waals surface area contributed by atoms with Crippen LogP contribution in [0.4, 0.5) is 5.69 Å². The molecule has 0 bridgehead atoms. The summed E-state index contributed by atoms with van der Waals surface area (Å²) < 4.78 is 0. The molecule has 1 N–H and O–H groups in total. The Labute approximate surface area is 144 Å². The first-order chi connectivity index (χ1) is 11.6. The topological polar surface area (TPSA) is 35.6 Å². The largest absolute Gasteiger partial charge is 0.367 e. The SMILES string of the molecule is CN(C)CCNC(=O)c1ccc(CN2CCc3ccccc32)cc1. The Bertz CT molecular complexity index is 694. The van der Waals surface area contributed by atoms with E-state index in [1.165, 1.54) is 16.8 Å². The highest BCUT2D eigenvalue weighted by molar-refractivity contribution is 5.94. The minimum atomic E-state index is -0.00471. The van der Waals surface area contributed by atoms with Gasteiger partial charge in [-0.3, -0.25) is 4.79 Å². The highest BCUT2D eigenvalue weighted by atomic mass is 16.1. The Hall–Kier alpha value is -2.33. The normalized spacial score (nSPS) is 13.2. The fourth-order valence-corrected chi connectivity index (χ4v) is 3.05. The van der Waals surface area contributed by atoms with Crippen LogP contribution in [0.5, 0.6) is 0 Å². The summed E-state index contributed by atoms with van der Waals surface area (Å²) in [5, 5.41) is 2.94. The number of nitrogens with zero attached hydrogens (tertiary/aromatic N) is 2. The molecule has 1 amide bonds. The van der Waals surface area contributed by atoms with Crippen molar-refractivity contribution in [1.82, 2.24) is 10.2 Å². The van der Waals surface area contributed by atoms with E-state index in [4.69, 9.17) is 0 Å². The summed E-state index contributed by atoms with van der Waals surface area (Å²) in [6, 6.07) is 16.5. The number of fused-ring (bicyclic) bond motifs is 1. The van der Waals surface area contributed by atoms with Crippen molar-refractivity contribution in [3.05, 3.63) is 65.2 Å². The van der Waals surface area contributed by atoms with Gasteiger partial charge in [0.05, 0.1) is 0 Å². The molecule has 0 unspecified atom stereocenters. The number of likely N-dealkylation sites (N-methyl/N-ethyl adjacent to an activating group) is 1. The number of hydrogen-bond donors (Lipinski definition) is 1. The molecular weight excluding hydrogens is 298 g/mol. The van der Waals surface area contributed by atoms with Gasteiger partial charge in [0.1, 0.15) is 0 Å². The number of anilines is 1. The second-order valence-corrected chi connectivity index (χ2v) is 6.56. The van der Waals surface area contributed by atoms with Gasteiger partial charge in [-0.2, -0.15) is 0 Å². The number of para-hydroxylation sites is 1. The maximum Gasteiger partial charge on any atom is 0.251 e. The summed E-state index contributed by atoms with van der Waals surface area (Å²) in [6.07, 6.45) is 1.11. The van der Waals surface area contributed by atoms with Gasteiger partial charge < -0.3 is 15.1 Å². The Morgan fingerprint density at radius 3 is 2.62 bits per heavy atom. The van der Waals surface area contributed by atoms with E-state index in [0.717, 1.165) is 31.6 Å². The van der Waals surface area contributed by atoms with Crippen molar-refractivity contribution in [1.29, 1.82) is 0 Å². The minimum Gasteiger partial charge on any atom is -0.367 e. The van der Waals surface area contributed by atoms with E-state index in [0.29, 0.717) is 6.54 Å². The smallest absolute Gasteiger partial charge is 0.251 e. The molecule has 0 saturated heterocycles. The van der Waals surface area contributed by atoms with Crippen molar-refractivity contribution in [2.75, 3.05) is 38.6 Å². The van der Waals surface area contributed by atoms with E-state index in [1.54, 1.807) is 0 Å². The molecule has 4 heteroatoms.